The third kappa shape index (κ3) is 4.22. The van der Waals surface area contributed by atoms with Gasteiger partial charge in [-0.3, -0.25) is 0 Å². The second kappa shape index (κ2) is 6.28. The third-order valence-corrected chi connectivity index (χ3v) is 3.07. The maximum atomic E-state index is 9.04. The number of nitrogens with zero attached hydrogens (tertiary/aromatic N) is 3. The first-order chi connectivity index (χ1) is 7.99. The number of aliphatic hydroxyl groups is 1. The molecular weight excluding hydrogens is 238 g/mol. The van der Waals surface area contributed by atoms with Gasteiger partial charge in [0.15, 0.2) is 0 Å². The molecule has 5 nitrogen and oxygen atoms in total. The van der Waals surface area contributed by atoms with Gasteiger partial charge in [0.1, 0.15) is 5.82 Å². The molecule has 98 valence electrons. The van der Waals surface area contributed by atoms with Crippen LogP contribution in [0.1, 0.15) is 26.6 Å². The Hall–Kier alpha value is -0.720. The van der Waals surface area contributed by atoms with Crippen LogP contribution in [0.3, 0.4) is 0 Å². The normalized spacial score (nSPS) is 11.8. The maximum Gasteiger partial charge on any atom is 0.205 e. The number of aromatic nitrogens is 2. The Morgan fingerprint density at radius 2 is 2.06 bits per heavy atom. The summed E-state index contributed by atoms with van der Waals surface area (Å²) in [6.45, 7) is 8.26. The lowest BCUT2D eigenvalue weighted by Crippen LogP contribution is -2.30. The summed E-state index contributed by atoms with van der Waals surface area (Å²) in [6, 6.07) is 0. The third-order valence-electron chi connectivity index (χ3n) is 2.29. The number of aliphatic hydroxyl groups excluding tert-OH is 1. The van der Waals surface area contributed by atoms with Gasteiger partial charge < -0.3 is 14.7 Å². The van der Waals surface area contributed by atoms with E-state index < -0.39 is 0 Å². The molecule has 0 aromatic carbocycles. The van der Waals surface area contributed by atoms with Gasteiger partial charge in [0.2, 0.25) is 5.13 Å². The van der Waals surface area contributed by atoms with Gasteiger partial charge in [0, 0.05) is 37.1 Å². The van der Waals surface area contributed by atoms with Crippen molar-refractivity contribution in [2.45, 2.75) is 26.2 Å². The molecule has 1 rings (SSSR count). The zero-order valence-electron chi connectivity index (χ0n) is 10.9. The van der Waals surface area contributed by atoms with Crippen molar-refractivity contribution in [3.05, 3.63) is 5.82 Å². The van der Waals surface area contributed by atoms with Crippen LogP contribution in [-0.4, -0.2) is 47.9 Å². The van der Waals surface area contributed by atoms with E-state index in [0.717, 1.165) is 17.5 Å². The monoisotopic (exact) mass is 259 g/mol. The molecule has 0 atom stereocenters. The minimum absolute atomic E-state index is 0.0408. The SMILES string of the molecule is COCCN(CCO)c1nc(C(C)(C)C)ns1. The second-order valence-corrected chi connectivity index (χ2v) is 5.58. The van der Waals surface area contributed by atoms with Crippen molar-refractivity contribution in [1.82, 2.24) is 9.36 Å². The Labute approximate surface area is 107 Å². The number of methoxy groups -OCH3 is 1. The lowest BCUT2D eigenvalue weighted by atomic mass is 9.96. The molecule has 0 radical (unpaired) electrons. The minimum atomic E-state index is -0.0408. The molecule has 0 spiro atoms. The average molecular weight is 259 g/mol. The molecule has 6 heteroatoms. The van der Waals surface area contributed by atoms with Gasteiger partial charge in [-0.1, -0.05) is 20.8 Å². The largest absolute Gasteiger partial charge is 0.395 e. The van der Waals surface area contributed by atoms with Crippen molar-refractivity contribution in [3.8, 4) is 0 Å². The molecule has 1 N–H and O–H groups in total. The van der Waals surface area contributed by atoms with E-state index in [2.05, 4.69) is 30.1 Å². The summed E-state index contributed by atoms with van der Waals surface area (Å²) in [6.07, 6.45) is 0. The molecule has 1 aromatic heterocycles. The van der Waals surface area contributed by atoms with E-state index in [1.807, 2.05) is 4.90 Å². The summed E-state index contributed by atoms with van der Waals surface area (Å²) in [4.78, 5) is 6.52. The van der Waals surface area contributed by atoms with Crippen molar-refractivity contribution < 1.29 is 9.84 Å². The number of anilines is 1. The van der Waals surface area contributed by atoms with Crippen molar-refractivity contribution >= 4 is 16.7 Å². The van der Waals surface area contributed by atoms with E-state index in [4.69, 9.17) is 9.84 Å². The van der Waals surface area contributed by atoms with Crippen LogP contribution in [0.4, 0.5) is 5.13 Å². The van der Waals surface area contributed by atoms with Gasteiger partial charge in [-0.05, 0) is 0 Å². The molecular formula is C11H21N3O2S. The summed E-state index contributed by atoms with van der Waals surface area (Å²) < 4.78 is 9.41. The van der Waals surface area contributed by atoms with Gasteiger partial charge in [-0.25, -0.2) is 4.98 Å². The molecule has 0 saturated heterocycles. The standard InChI is InChI=1S/C11H21N3O2S/c1-11(2,3)9-12-10(17-13-9)14(5-7-15)6-8-16-4/h15H,5-8H2,1-4H3. The summed E-state index contributed by atoms with van der Waals surface area (Å²) >= 11 is 1.37. The van der Waals surface area contributed by atoms with Gasteiger partial charge >= 0.3 is 0 Å². The molecule has 0 fully saturated rings. The van der Waals surface area contributed by atoms with Crippen molar-refractivity contribution in [2.24, 2.45) is 0 Å². The Balaban J connectivity index is 2.76. The molecule has 0 amide bonds. The molecule has 0 aliphatic heterocycles. The van der Waals surface area contributed by atoms with Crippen molar-refractivity contribution in [2.75, 3.05) is 38.3 Å². The highest BCUT2D eigenvalue weighted by Crippen LogP contribution is 2.25. The maximum absolute atomic E-state index is 9.04. The first-order valence-electron chi connectivity index (χ1n) is 5.68. The van der Waals surface area contributed by atoms with Gasteiger partial charge in [-0.15, -0.1) is 0 Å². The van der Waals surface area contributed by atoms with Gasteiger partial charge in [0.25, 0.3) is 0 Å². The molecule has 0 saturated carbocycles. The number of hydrogen-bond donors (Lipinski definition) is 1. The molecule has 1 aromatic rings. The van der Waals surface area contributed by atoms with Crippen LogP contribution in [0.15, 0.2) is 0 Å². The highest BCUT2D eigenvalue weighted by atomic mass is 32.1. The van der Waals surface area contributed by atoms with Crippen molar-refractivity contribution in [3.63, 3.8) is 0 Å². The Kier molecular flexibility index (Phi) is 5.30. The Morgan fingerprint density at radius 1 is 1.35 bits per heavy atom. The van der Waals surface area contributed by atoms with Gasteiger partial charge in [0.05, 0.1) is 13.2 Å². The molecule has 1 heterocycles. The Bertz CT molecular complexity index is 336. The fourth-order valence-electron chi connectivity index (χ4n) is 1.27. The molecule has 17 heavy (non-hydrogen) atoms. The summed E-state index contributed by atoms with van der Waals surface area (Å²) in [7, 11) is 1.66. The average Bonchev–Trinajstić information content (AvgIpc) is 2.72. The zero-order chi connectivity index (χ0) is 12.9. The van der Waals surface area contributed by atoms with Crippen LogP contribution in [0.25, 0.3) is 0 Å². The lowest BCUT2D eigenvalue weighted by Gasteiger charge is -2.19. The van der Waals surface area contributed by atoms with Gasteiger partial charge in [-0.2, -0.15) is 4.37 Å². The minimum Gasteiger partial charge on any atom is -0.395 e. The summed E-state index contributed by atoms with van der Waals surface area (Å²) in [5, 5.41) is 9.89. The van der Waals surface area contributed by atoms with Crippen LogP contribution in [0.5, 0.6) is 0 Å². The smallest absolute Gasteiger partial charge is 0.205 e. The predicted molar refractivity (Wildman–Crippen MR) is 69.8 cm³/mol. The van der Waals surface area contributed by atoms with E-state index in [-0.39, 0.29) is 12.0 Å². The predicted octanol–water partition coefficient (Wildman–Crippen LogP) is 1.28. The summed E-state index contributed by atoms with van der Waals surface area (Å²) in [5.74, 6) is 0.845. The molecule has 0 bridgehead atoms. The van der Waals surface area contributed by atoms with E-state index in [0.29, 0.717) is 13.2 Å². The lowest BCUT2D eigenvalue weighted by molar-refractivity contribution is 0.203. The summed E-state index contributed by atoms with van der Waals surface area (Å²) in [5.41, 5.74) is -0.0408. The molecule has 0 aliphatic carbocycles. The number of ether oxygens (including phenoxy) is 1. The van der Waals surface area contributed by atoms with E-state index in [1.165, 1.54) is 11.5 Å². The molecule has 0 unspecified atom stereocenters. The van der Waals surface area contributed by atoms with Crippen molar-refractivity contribution in [1.29, 1.82) is 0 Å². The second-order valence-electron chi connectivity index (χ2n) is 4.85. The van der Waals surface area contributed by atoms with E-state index in [9.17, 15) is 0 Å². The Morgan fingerprint density at radius 3 is 2.53 bits per heavy atom. The zero-order valence-corrected chi connectivity index (χ0v) is 11.8. The van der Waals surface area contributed by atoms with E-state index >= 15 is 0 Å². The fourth-order valence-corrected chi connectivity index (χ4v) is 2.18. The highest BCUT2D eigenvalue weighted by molar-refractivity contribution is 7.09. The van der Waals surface area contributed by atoms with Crippen LogP contribution >= 0.6 is 11.5 Å². The van der Waals surface area contributed by atoms with Crippen LogP contribution in [0, 0.1) is 0 Å². The topological polar surface area (TPSA) is 58.5 Å². The highest BCUT2D eigenvalue weighted by Gasteiger charge is 2.21. The first kappa shape index (κ1) is 14.3. The van der Waals surface area contributed by atoms with Crippen LogP contribution in [0.2, 0.25) is 0 Å². The fraction of sp³-hybridized carbons (Fsp3) is 0.818. The first-order valence-corrected chi connectivity index (χ1v) is 6.45. The quantitative estimate of drug-likeness (QED) is 0.834. The van der Waals surface area contributed by atoms with Crippen LogP contribution in [-0.2, 0) is 10.2 Å². The molecule has 0 aliphatic rings. The number of hydrogen-bond acceptors (Lipinski definition) is 6. The number of rotatable bonds is 6. The van der Waals surface area contributed by atoms with Crippen LogP contribution < -0.4 is 4.90 Å². The van der Waals surface area contributed by atoms with E-state index in [1.54, 1.807) is 7.11 Å².